The lowest BCUT2D eigenvalue weighted by atomic mass is 10.00. The average molecular weight is 371 g/mol. The monoisotopic (exact) mass is 371 g/mol. The van der Waals surface area contributed by atoms with Crippen molar-refractivity contribution in [1.29, 1.82) is 0 Å². The van der Waals surface area contributed by atoms with Crippen molar-refractivity contribution >= 4 is 11.8 Å². The van der Waals surface area contributed by atoms with Crippen LogP contribution in [-0.2, 0) is 16.0 Å². The molecule has 2 amide bonds. The summed E-state index contributed by atoms with van der Waals surface area (Å²) >= 11 is 0. The molecule has 1 aromatic rings. The fourth-order valence-corrected chi connectivity index (χ4v) is 4.44. The normalized spacial score (nSPS) is 28.7. The van der Waals surface area contributed by atoms with E-state index in [1.165, 1.54) is 11.1 Å². The summed E-state index contributed by atoms with van der Waals surface area (Å²) in [7, 11) is 0. The number of hydrogen-bond donors (Lipinski definition) is 2. The van der Waals surface area contributed by atoms with Gasteiger partial charge in [0.25, 0.3) is 5.91 Å². The van der Waals surface area contributed by atoms with Crippen LogP contribution in [0.2, 0.25) is 0 Å². The number of likely N-dealkylation sites (tertiary alicyclic amines) is 1. The van der Waals surface area contributed by atoms with Crippen LogP contribution < -0.4 is 15.4 Å². The van der Waals surface area contributed by atoms with E-state index in [9.17, 15) is 9.59 Å². The first-order valence-electron chi connectivity index (χ1n) is 10.1. The zero-order valence-corrected chi connectivity index (χ0v) is 16.2. The maximum absolute atomic E-state index is 12.6. The Morgan fingerprint density at radius 3 is 2.78 bits per heavy atom. The predicted octanol–water partition coefficient (Wildman–Crippen LogP) is 1.26. The first-order valence-corrected chi connectivity index (χ1v) is 10.1. The molecule has 0 bridgehead atoms. The summed E-state index contributed by atoms with van der Waals surface area (Å²) in [5, 5.41) is 6.10. The molecule has 2 heterocycles. The second-order valence-corrected chi connectivity index (χ2v) is 8.16. The zero-order valence-electron chi connectivity index (χ0n) is 16.2. The zero-order chi connectivity index (χ0) is 19.0. The molecule has 4 rings (SSSR count). The SMILES string of the molecule is CCCNC(=O)CN1C[C@@H]2C(NC(=O)C3CCc4cc(C)ccc4O3)[C@@H]2C1. The van der Waals surface area contributed by atoms with Crippen molar-refractivity contribution in [3.8, 4) is 5.75 Å². The van der Waals surface area contributed by atoms with E-state index >= 15 is 0 Å². The Labute approximate surface area is 160 Å². The van der Waals surface area contributed by atoms with Gasteiger partial charge in [-0.2, -0.15) is 0 Å². The van der Waals surface area contributed by atoms with Crippen LogP contribution in [0.15, 0.2) is 18.2 Å². The van der Waals surface area contributed by atoms with E-state index in [1.54, 1.807) is 0 Å². The number of nitrogens with zero attached hydrogens (tertiary/aromatic N) is 1. The molecule has 6 heteroatoms. The molecule has 2 aliphatic heterocycles. The number of amides is 2. The Hall–Kier alpha value is -2.08. The van der Waals surface area contributed by atoms with Crippen LogP contribution in [0.1, 0.15) is 30.9 Å². The van der Waals surface area contributed by atoms with Crippen molar-refractivity contribution in [2.24, 2.45) is 11.8 Å². The molecule has 1 aromatic carbocycles. The van der Waals surface area contributed by atoms with E-state index in [-0.39, 0.29) is 17.9 Å². The number of fused-ring (bicyclic) bond motifs is 2. The van der Waals surface area contributed by atoms with Crippen LogP contribution in [0.3, 0.4) is 0 Å². The molecule has 1 aliphatic carbocycles. The number of carbonyl (C=O) groups is 2. The summed E-state index contributed by atoms with van der Waals surface area (Å²) in [4.78, 5) is 26.6. The Kier molecular flexibility index (Phi) is 5.08. The molecule has 2 unspecified atom stereocenters. The van der Waals surface area contributed by atoms with Gasteiger partial charge >= 0.3 is 0 Å². The molecule has 3 aliphatic rings. The van der Waals surface area contributed by atoms with Crippen LogP contribution in [0.5, 0.6) is 5.75 Å². The summed E-state index contributed by atoms with van der Waals surface area (Å²) in [6.45, 7) is 7.11. The molecule has 2 fully saturated rings. The molecule has 146 valence electrons. The fourth-order valence-electron chi connectivity index (χ4n) is 4.44. The fraction of sp³-hybridized carbons (Fsp3) is 0.619. The number of benzene rings is 1. The standard InChI is InChI=1S/C21H29N3O3/c1-3-8-22-19(25)12-24-10-15-16(11-24)20(15)23-21(26)18-7-5-14-9-13(2)4-6-17(14)27-18/h4,6,9,15-16,18,20H,3,5,7-8,10-12H2,1-2H3,(H,22,25)(H,23,26)/t15-,16+,18?,20?. The third-order valence-corrected chi connectivity index (χ3v) is 5.97. The van der Waals surface area contributed by atoms with Gasteiger partial charge in [-0.05, 0) is 49.7 Å². The van der Waals surface area contributed by atoms with Gasteiger partial charge in [0.15, 0.2) is 6.10 Å². The van der Waals surface area contributed by atoms with E-state index in [0.717, 1.165) is 44.6 Å². The van der Waals surface area contributed by atoms with Gasteiger partial charge < -0.3 is 15.4 Å². The highest BCUT2D eigenvalue weighted by Crippen LogP contribution is 2.45. The highest BCUT2D eigenvalue weighted by atomic mass is 16.5. The minimum Gasteiger partial charge on any atom is -0.480 e. The number of aryl methyl sites for hydroxylation is 2. The second kappa shape index (κ2) is 7.50. The van der Waals surface area contributed by atoms with Crippen molar-refractivity contribution in [2.75, 3.05) is 26.2 Å². The molecule has 1 saturated heterocycles. The largest absolute Gasteiger partial charge is 0.480 e. The van der Waals surface area contributed by atoms with Gasteiger partial charge in [-0.15, -0.1) is 0 Å². The molecule has 4 atom stereocenters. The molecule has 6 nitrogen and oxygen atoms in total. The molecule has 2 N–H and O–H groups in total. The van der Waals surface area contributed by atoms with Gasteiger partial charge in [0.2, 0.25) is 5.91 Å². The molecule has 0 spiro atoms. The maximum Gasteiger partial charge on any atom is 0.261 e. The Bertz CT molecular complexity index is 723. The summed E-state index contributed by atoms with van der Waals surface area (Å²) in [6, 6.07) is 6.38. The smallest absolute Gasteiger partial charge is 0.261 e. The van der Waals surface area contributed by atoms with Crippen molar-refractivity contribution in [3.63, 3.8) is 0 Å². The van der Waals surface area contributed by atoms with Gasteiger partial charge in [-0.1, -0.05) is 24.6 Å². The minimum atomic E-state index is -0.391. The summed E-state index contributed by atoms with van der Waals surface area (Å²) < 4.78 is 5.94. The minimum absolute atomic E-state index is 0.00728. The van der Waals surface area contributed by atoms with Crippen LogP contribution in [0.4, 0.5) is 0 Å². The van der Waals surface area contributed by atoms with Crippen LogP contribution >= 0.6 is 0 Å². The van der Waals surface area contributed by atoms with Crippen LogP contribution in [-0.4, -0.2) is 55.0 Å². The second-order valence-electron chi connectivity index (χ2n) is 8.16. The van der Waals surface area contributed by atoms with E-state index < -0.39 is 6.10 Å². The number of hydrogen-bond acceptors (Lipinski definition) is 4. The van der Waals surface area contributed by atoms with Crippen molar-refractivity contribution in [3.05, 3.63) is 29.3 Å². The van der Waals surface area contributed by atoms with Gasteiger partial charge in [0.1, 0.15) is 5.75 Å². The van der Waals surface area contributed by atoms with Crippen LogP contribution in [0, 0.1) is 18.8 Å². The van der Waals surface area contributed by atoms with E-state index in [0.29, 0.717) is 18.4 Å². The van der Waals surface area contributed by atoms with Crippen molar-refractivity contribution in [2.45, 2.75) is 45.3 Å². The van der Waals surface area contributed by atoms with Crippen molar-refractivity contribution in [1.82, 2.24) is 15.5 Å². The maximum atomic E-state index is 12.6. The third-order valence-electron chi connectivity index (χ3n) is 5.97. The van der Waals surface area contributed by atoms with E-state index in [1.807, 2.05) is 19.1 Å². The molecule has 0 radical (unpaired) electrons. The lowest BCUT2D eigenvalue weighted by molar-refractivity contribution is -0.129. The van der Waals surface area contributed by atoms with E-state index in [2.05, 4.69) is 28.5 Å². The average Bonchev–Trinajstić information content (AvgIpc) is 3.09. The number of piperidine rings is 1. The number of ether oxygens (including phenoxy) is 1. The third kappa shape index (κ3) is 3.95. The highest BCUT2D eigenvalue weighted by Gasteiger charge is 2.56. The Morgan fingerprint density at radius 1 is 1.26 bits per heavy atom. The highest BCUT2D eigenvalue weighted by molar-refractivity contribution is 5.82. The first-order chi connectivity index (χ1) is 13.0. The quantitative estimate of drug-likeness (QED) is 0.790. The van der Waals surface area contributed by atoms with Gasteiger partial charge in [0, 0.05) is 25.7 Å². The lowest BCUT2D eigenvalue weighted by Gasteiger charge is -2.26. The van der Waals surface area contributed by atoms with Gasteiger partial charge in [0.05, 0.1) is 6.54 Å². The summed E-state index contributed by atoms with van der Waals surface area (Å²) in [5.74, 6) is 1.90. The van der Waals surface area contributed by atoms with Crippen LogP contribution in [0.25, 0.3) is 0 Å². The number of nitrogens with one attached hydrogen (secondary N) is 2. The van der Waals surface area contributed by atoms with Gasteiger partial charge in [-0.25, -0.2) is 0 Å². The summed E-state index contributed by atoms with van der Waals surface area (Å²) in [5.41, 5.74) is 2.42. The number of carbonyl (C=O) groups excluding carboxylic acids is 2. The molecule has 0 aromatic heterocycles. The Morgan fingerprint density at radius 2 is 2.04 bits per heavy atom. The predicted molar refractivity (Wildman–Crippen MR) is 103 cm³/mol. The Balaban J connectivity index is 1.23. The molecule has 27 heavy (non-hydrogen) atoms. The molecular weight excluding hydrogens is 342 g/mol. The molecular formula is C21H29N3O3. The van der Waals surface area contributed by atoms with Crippen molar-refractivity contribution < 1.29 is 14.3 Å². The topological polar surface area (TPSA) is 70.7 Å². The first kappa shape index (κ1) is 18.3. The molecule has 1 saturated carbocycles. The van der Waals surface area contributed by atoms with Gasteiger partial charge in [-0.3, -0.25) is 14.5 Å². The summed E-state index contributed by atoms with van der Waals surface area (Å²) in [6.07, 6.45) is 2.18. The lowest BCUT2D eigenvalue weighted by Crippen LogP contribution is -2.44. The van der Waals surface area contributed by atoms with E-state index in [4.69, 9.17) is 4.74 Å². The number of rotatable bonds is 6.